The Kier molecular flexibility index (Phi) is 6.13. The number of H-pyrrole nitrogens is 1. The summed E-state index contributed by atoms with van der Waals surface area (Å²) in [6.45, 7) is 7.06. The molecule has 1 saturated heterocycles. The summed E-state index contributed by atoms with van der Waals surface area (Å²) in [6, 6.07) is 3.75. The lowest BCUT2D eigenvalue weighted by Crippen LogP contribution is -2.49. The molecule has 1 saturated carbocycles. The van der Waals surface area contributed by atoms with Gasteiger partial charge in [0, 0.05) is 57.4 Å². The summed E-state index contributed by atoms with van der Waals surface area (Å²) < 4.78 is 0. The predicted octanol–water partition coefficient (Wildman–Crippen LogP) is 1.40. The van der Waals surface area contributed by atoms with Gasteiger partial charge < -0.3 is 15.2 Å². The Labute approximate surface area is 176 Å². The van der Waals surface area contributed by atoms with Gasteiger partial charge in [-0.05, 0) is 37.3 Å². The lowest BCUT2D eigenvalue weighted by atomic mass is 9.74. The molecular formula is C22H30N6O2. The Morgan fingerprint density at radius 1 is 1.17 bits per heavy atom. The number of hydrogen-bond acceptors (Lipinski definition) is 6. The highest BCUT2D eigenvalue weighted by atomic mass is 16.1. The second-order valence-electron chi connectivity index (χ2n) is 8.28. The van der Waals surface area contributed by atoms with Gasteiger partial charge in [0.15, 0.2) is 0 Å². The molecule has 4 rings (SSSR count). The Hall–Kier alpha value is -2.74. The number of carbonyl (C=O) groups excluding carboxylic acids is 1. The number of piperazine rings is 1. The molecular weight excluding hydrogens is 380 g/mol. The fraction of sp³-hybridized carbons (Fsp3) is 0.545. The van der Waals surface area contributed by atoms with Crippen LogP contribution in [0.15, 0.2) is 29.3 Å². The summed E-state index contributed by atoms with van der Waals surface area (Å²) in [7, 11) is 1.61. The van der Waals surface area contributed by atoms with Crippen molar-refractivity contribution in [1.82, 2.24) is 25.2 Å². The molecule has 2 fully saturated rings. The number of nitrogens with one attached hydrogen (secondary N) is 2. The lowest BCUT2D eigenvalue weighted by molar-refractivity contribution is 0.0958. The molecule has 0 bridgehead atoms. The van der Waals surface area contributed by atoms with E-state index in [0.29, 0.717) is 17.5 Å². The molecule has 2 aromatic heterocycles. The lowest BCUT2D eigenvalue weighted by Gasteiger charge is -2.41. The molecule has 8 heteroatoms. The molecule has 3 heterocycles. The zero-order valence-corrected chi connectivity index (χ0v) is 17.7. The third-order valence-electron chi connectivity index (χ3n) is 6.36. The van der Waals surface area contributed by atoms with Crippen molar-refractivity contribution in [2.75, 3.05) is 44.7 Å². The van der Waals surface area contributed by atoms with Gasteiger partial charge in [-0.15, -0.1) is 0 Å². The van der Waals surface area contributed by atoms with Gasteiger partial charge in [-0.1, -0.05) is 6.92 Å². The summed E-state index contributed by atoms with van der Waals surface area (Å²) >= 11 is 0. The number of pyridine rings is 1. The monoisotopic (exact) mass is 410 g/mol. The molecule has 1 amide bonds. The second-order valence-corrected chi connectivity index (χ2v) is 8.28. The summed E-state index contributed by atoms with van der Waals surface area (Å²) in [5.41, 5.74) is 2.28. The van der Waals surface area contributed by atoms with E-state index in [0.717, 1.165) is 69.1 Å². The highest BCUT2D eigenvalue weighted by molar-refractivity contribution is 5.92. The molecule has 0 atom stereocenters. The largest absolute Gasteiger partial charge is 0.368 e. The first kappa shape index (κ1) is 20.5. The fourth-order valence-corrected chi connectivity index (χ4v) is 4.39. The number of aromatic nitrogens is 3. The van der Waals surface area contributed by atoms with Crippen LogP contribution in [0.25, 0.3) is 0 Å². The van der Waals surface area contributed by atoms with Crippen molar-refractivity contribution in [2.45, 2.75) is 32.1 Å². The smallest absolute Gasteiger partial charge is 0.269 e. The number of aryl methyl sites for hydroxylation is 1. The van der Waals surface area contributed by atoms with Crippen molar-refractivity contribution in [3.05, 3.63) is 52.0 Å². The summed E-state index contributed by atoms with van der Waals surface area (Å²) in [4.78, 5) is 40.2. The maximum absolute atomic E-state index is 12.0. The van der Waals surface area contributed by atoms with E-state index < -0.39 is 0 Å². The number of anilines is 1. The van der Waals surface area contributed by atoms with Gasteiger partial charge in [-0.25, -0.2) is 9.97 Å². The van der Waals surface area contributed by atoms with Gasteiger partial charge in [0.25, 0.3) is 11.5 Å². The number of rotatable bonds is 6. The first-order valence-electron chi connectivity index (χ1n) is 10.8. The minimum absolute atomic E-state index is 0.0138. The maximum atomic E-state index is 12.0. The van der Waals surface area contributed by atoms with Crippen LogP contribution < -0.4 is 15.8 Å². The van der Waals surface area contributed by atoms with E-state index in [2.05, 4.69) is 30.1 Å². The predicted molar refractivity (Wildman–Crippen MR) is 116 cm³/mol. The Morgan fingerprint density at radius 3 is 2.53 bits per heavy atom. The molecule has 8 nitrogen and oxygen atoms in total. The highest BCUT2D eigenvalue weighted by Crippen LogP contribution is 2.40. The average Bonchev–Trinajstić information content (AvgIpc) is 2.76. The van der Waals surface area contributed by atoms with E-state index in [9.17, 15) is 9.59 Å². The standard InChI is InChI=1S/C22H30N6O2/c1-3-16-12-25-20(26-21(16)29)17-10-15(11-17)14-27-6-8-28(9-7-27)18-4-5-19(24-13-18)22(30)23-2/h4-5,12-13,15,17H,3,6-11,14H2,1-2H3,(H,23,30)(H,25,26,29). The molecule has 2 aliphatic rings. The van der Waals surface area contributed by atoms with Crippen LogP contribution in [0.4, 0.5) is 5.69 Å². The van der Waals surface area contributed by atoms with E-state index in [-0.39, 0.29) is 11.5 Å². The zero-order valence-electron chi connectivity index (χ0n) is 17.7. The Morgan fingerprint density at radius 2 is 1.93 bits per heavy atom. The van der Waals surface area contributed by atoms with Gasteiger partial charge in [-0.3, -0.25) is 14.5 Å². The minimum Gasteiger partial charge on any atom is -0.368 e. The fourth-order valence-electron chi connectivity index (χ4n) is 4.39. The number of hydrogen-bond donors (Lipinski definition) is 2. The van der Waals surface area contributed by atoms with Gasteiger partial charge in [0.1, 0.15) is 11.5 Å². The zero-order chi connectivity index (χ0) is 21.1. The van der Waals surface area contributed by atoms with Crippen molar-refractivity contribution in [3.8, 4) is 0 Å². The van der Waals surface area contributed by atoms with Crippen molar-refractivity contribution in [1.29, 1.82) is 0 Å². The number of nitrogens with zero attached hydrogens (tertiary/aromatic N) is 4. The normalized spacial score (nSPS) is 21.9. The van der Waals surface area contributed by atoms with Crippen LogP contribution in [0.2, 0.25) is 0 Å². The Balaban J connectivity index is 1.23. The van der Waals surface area contributed by atoms with E-state index in [1.807, 2.05) is 13.0 Å². The third kappa shape index (κ3) is 4.38. The molecule has 1 aliphatic heterocycles. The molecule has 1 aliphatic carbocycles. The molecule has 0 spiro atoms. The van der Waals surface area contributed by atoms with Gasteiger partial charge in [-0.2, -0.15) is 0 Å². The van der Waals surface area contributed by atoms with Crippen molar-refractivity contribution >= 4 is 11.6 Å². The van der Waals surface area contributed by atoms with Gasteiger partial charge in [0.2, 0.25) is 0 Å². The molecule has 0 aromatic carbocycles. The summed E-state index contributed by atoms with van der Waals surface area (Å²) in [6.07, 6.45) is 6.43. The van der Waals surface area contributed by atoms with E-state index in [1.165, 1.54) is 0 Å². The van der Waals surface area contributed by atoms with Crippen LogP contribution in [0, 0.1) is 5.92 Å². The topological polar surface area (TPSA) is 94.2 Å². The van der Waals surface area contributed by atoms with Crippen LogP contribution in [-0.4, -0.2) is 65.5 Å². The molecule has 160 valence electrons. The van der Waals surface area contributed by atoms with Crippen molar-refractivity contribution in [3.63, 3.8) is 0 Å². The second kappa shape index (κ2) is 8.95. The van der Waals surface area contributed by atoms with E-state index in [4.69, 9.17) is 0 Å². The van der Waals surface area contributed by atoms with Crippen LogP contribution in [0.1, 0.15) is 47.6 Å². The SMILES string of the molecule is CCc1cnc(C2CC(CN3CCN(c4ccc(C(=O)NC)nc4)CC3)C2)[nH]c1=O. The molecule has 0 unspecified atom stereocenters. The third-order valence-corrected chi connectivity index (χ3v) is 6.36. The quantitative estimate of drug-likeness (QED) is 0.748. The number of amides is 1. The van der Waals surface area contributed by atoms with Gasteiger partial charge in [0.05, 0.1) is 11.9 Å². The molecule has 2 N–H and O–H groups in total. The minimum atomic E-state index is -0.161. The van der Waals surface area contributed by atoms with Crippen LogP contribution in [0.3, 0.4) is 0 Å². The van der Waals surface area contributed by atoms with Crippen LogP contribution in [-0.2, 0) is 6.42 Å². The van der Waals surface area contributed by atoms with E-state index >= 15 is 0 Å². The van der Waals surface area contributed by atoms with Crippen molar-refractivity contribution < 1.29 is 4.79 Å². The molecule has 0 radical (unpaired) electrons. The summed E-state index contributed by atoms with van der Waals surface area (Å²) in [5.74, 6) is 1.75. The summed E-state index contributed by atoms with van der Waals surface area (Å²) in [5, 5.41) is 2.59. The highest BCUT2D eigenvalue weighted by Gasteiger charge is 2.33. The first-order valence-corrected chi connectivity index (χ1v) is 10.8. The number of carbonyl (C=O) groups is 1. The molecule has 2 aromatic rings. The first-order chi connectivity index (χ1) is 14.6. The van der Waals surface area contributed by atoms with Crippen LogP contribution >= 0.6 is 0 Å². The average molecular weight is 411 g/mol. The van der Waals surface area contributed by atoms with E-state index in [1.54, 1.807) is 25.5 Å². The van der Waals surface area contributed by atoms with Crippen molar-refractivity contribution in [2.24, 2.45) is 5.92 Å². The van der Waals surface area contributed by atoms with Crippen LogP contribution in [0.5, 0.6) is 0 Å². The van der Waals surface area contributed by atoms with Gasteiger partial charge >= 0.3 is 0 Å². The maximum Gasteiger partial charge on any atom is 0.269 e. The number of aromatic amines is 1. The Bertz CT molecular complexity index is 927. The molecule has 30 heavy (non-hydrogen) atoms.